The number of thiophene rings is 1. The fraction of sp³-hybridized carbons (Fsp3) is 0.444. The molecule has 0 radical (unpaired) electrons. The zero-order valence-electron chi connectivity index (χ0n) is 9.38. The van der Waals surface area contributed by atoms with Crippen LogP contribution in [0.3, 0.4) is 0 Å². The second kappa shape index (κ2) is 6.11. The number of nitrogens with one attached hydrogen (secondary N) is 1. The van der Waals surface area contributed by atoms with Crippen molar-refractivity contribution in [1.29, 1.82) is 0 Å². The predicted octanol–water partition coefficient (Wildman–Crippen LogP) is 1.26. The normalized spacial score (nSPS) is 13.5. The molecule has 0 saturated carbocycles. The first-order chi connectivity index (χ1) is 8.31. The van der Waals surface area contributed by atoms with E-state index in [1.807, 2.05) is 0 Å². The molecule has 0 amide bonds. The highest BCUT2D eigenvalue weighted by Gasteiger charge is 2.25. The number of aliphatic hydroxyl groups excluding tert-OH is 1. The quantitative estimate of drug-likeness (QED) is 0.710. The number of halogens is 1. The van der Waals surface area contributed by atoms with Crippen LogP contribution in [0.15, 0.2) is 14.7 Å². The molecule has 9 heteroatoms. The first-order valence-electron chi connectivity index (χ1n) is 4.97. The summed E-state index contributed by atoms with van der Waals surface area (Å²) in [6.07, 6.45) is 0.434. The summed E-state index contributed by atoms with van der Waals surface area (Å²) in [5.41, 5.74) is 0. The van der Waals surface area contributed by atoms with Crippen LogP contribution in [-0.4, -0.2) is 37.2 Å². The third-order valence-electron chi connectivity index (χ3n) is 2.19. The van der Waals surface area contributed by atoms with Crippen molar-refractivity contribution in [3.63, 3.8) is 0 Å². The summed E-state index contributed by atoms with van der Waals surface area (Å²) >= 11 is 3.86. The summed E-state index contributed by atoms with van der Waals surface area (Å²) in [5.74, 6) is -1.18. The Hall–Kier alpha value is -0.480. The Kier molecular flexibility index (Phi) is 5.29. The molecule has 1 atom stereocenters. The van der Waals surface area contributed by atoms with Gasteiger partial charge in [0.15, 0.2) is 0 Å². The van der Waals surface area contributed by atoms with Gasteiger partial charge in [-0.25, -0.2) is 17.9 Å². The number of aromatic carboxylic acids is 1. The summed E-state index contributed by atoms with van der Waals surface area (Å²) in [6, 6.07) is 0.499. The van der Waals surface area contributed by atoms with Crippen molar-refractivity contribution >= 4 is 43.3 Å². The van der Waals surface area contributed by atoms with Gasteiger partial charge in [-0.15, -0.1) is 11.3 Å². The number of sulfonamides is 1. The number of carbonyl (C=O) groups is 1. The average Bonchev–Trinajstić information content (AvgIpc) is 2.69. The lowest BCUT2D eigenvalue weighted by molar-refractivity contribution is 0.0702. The van der Waals surface area contributed by atoms with Crippen LogP contribution < -0.4 is 4.72 Å². The van der Waals surface area contributed by atoms with E-state index in [4.69, 9.17) is 10.2 Å². The first kappa shape index (κ1) is 15.6. The van der Waals surface area contributed by atoms with E-state index in [0.717, 1.165) is 17.4 Å². The van der Waals surface area contributed by atoms with Crippen molar-refractivity contribution in [3.8, 4) is 0 Å². The maximum Gasteiger partial charge on any atom is 0.345 e. The zero-order chi connectivity index (χ0) is 13.9. The molecule has 3 N–H and O–H groups in total. The Morgan fingerprint density at radius 2 is 2.22 bits per heavy atom. The van der Waals surface area contributed by atoms with Gasteiger partial charge in [0.05, 0.1) is 10.4 Å². The van der Waals surface area contributed by atoms with E-state index in [0.29, 0.717) is 6.42 Å². The predicted molar refractivity (Wildman–Crippen MR) is 70.5 cm³/mol. The van der Waals surface area contributed by atoms with Gasteiger partial charge in [0.1, 0.15) is 9.77 Å². The van der Waals surface area contributed by atoms with E-state index in [1.54, 1.807) is 6.92 Å². The van der Waals surface area contributed by atoms with Gasteiger partial charge in [-0.3, -0.25) is 0 Å². The smallest absolute Gasteiger partial charge is 0.345 e. The zero-order valence-corrected chi connectivity index (χ0v) is 12.6. The molecule has 0 aromatic carbocycles. The maximum atomic E-state index is 12.0. The molecule has 1 aromatic heterocycles. The van der Waals surface area contributed by atoms with Crippen LogP contribution in [-0.2, 0) is 10.0 Å². The molecule has 18 heavy (non-hydrogen) atoms. The van der Waals surface area contributed by atoms with E-state index in [-0.39, 0.29) is 20.2 Å². The molecule has 0 aliphatic heterocycles. The van der Waals surface area contributed by atoms with Crippen LogP contribution in [0.2, 0.25) is 0 Å². The van der Waals surface area contributed by atoms with Gasteiger partial charge in [0.25, 0.3) is 0 Å². The molecule has 0 unspecified atom stereocenters. The average molecular weight is 358 g/mol. The molecule has 0 aliphatic carbocycles. The minimum atomic E-state index is -3.84. The topological polar surface area (TPSA) is 104 Å². The lowest BCUT2D eigenvalue weighted by Crippen LogP contribution is -2.36. The Morgan fingerprint density at radius 3 is 2.61 bits per heavy atom. The Labute approximate surface area is 117 Å². The minimum absolute atomic E-state index is 0.0701. The van der Waals surface area contributed by atoms with E-state index < -0.39 is 22.0 Å². The Morgan fingerprint density at radius 1 is 1.61 bits per heavy atom. The number of carboxylic acids is 1. The lowest BCUT2D eigenvalue weighted by atomic mass is 10.3. The molecule has 0 spiro atoms. The first-order valence-corrected chi connectivity index (χ1v) is 8.07. The molecule has 6 nitrogen and oxygen atoms in total. The van der Waals surface area contributed by atoms with Gasteiger partial charge >= 0.3 is 5.97 Å². The Balaban J connectivity index is 3.09. The van der Waals surface area contributed by atoms with Crippen molar-refractivity contribution in [2.24, 2.45) is 0 Å². The van der Waals surface area contributed by atoms with Crippen molar-refractivity contribution in [2.75, 3.05) is 6.61 Å². The van der Waals surface area contributed by atoms with E-state index in [1.165, 1.54) is 0 Å². The summed E-state index contributed by atoms with van der Waals surface area (Å²) in [5, 5.41) is 17.8. The van der Waals surface area contributed by atoms with Crippen molar-refractivity contribution in [3.05, 3.63) is 14.7 Å². The maximum absolute atomic E-state index is 12.0. The fourth-order valence-electron chi connectivity index (χ4n) is 1.17. The summed E-state index contributed by atoms with van der Waals surface area (Å²) in [6.45, 7) is 1.41. The van der Waals surface area contributed by atoms with E-state index in [2.05, 4.69) is 20.7 Å². The highest BCUT2D eigenvalue weighted by atomic mass is 79.9. The van der Waals surface area contributed by atoms with Gasteiger partial charge in [-0.2, -0.15) is 0 Å². The van der Waals surface area contributed by atoms with E-state index >= 15 is 0 Å². The van der Waals surface area contributed by atoms with Crippen molar-refractivity contribution < 1.29 is 23.4 Å². The minimum Gasteiger partial charge on any atom is -0.477 e. The molecular formula is C9H12BrNO5S2. The highest BCUT2D eigenvalue weighted by molar-refractivity contribution is 9.11. The van der Waals surface area contributed by atoms with Gasteiger partial charge < -0.3 is 10.2 Å². The number of hydrogen-bond acceptors (Lipinski definition) is 5. The second-order valence-corrected chi connectivity index (χ2v) is 7.52. The van der Waals surface area contributed by atoms with Gasteiger partial charge in [-0.05, 0) is 28.4 Å². The van der Waals surface area contributed by atoms with Crippen LogP contribution in [0.1, 0.15) is 23.0 Å². The molecule has 0 fully saturated rings. The number of rotatable bonds is 6. The van der Waals surface area contributed by atoms with Gasteiger partial charge in [0.2, 0.25) is 10.0 Å². The highest BCUT2D eigenvalue weighted by Crippen LogP contribution is 2.31. The molecule has 0 aliphatic rings. The number of aliphatic hydroxyl groups is 1. The molecule has 1 rings (SSSR count). The largest absolute Gasteiger partial charge is 0.477 e. The summed E-state index contributed by atoms with van der Waals surface area (Å²) < 4.78 is 26.5. The van der Waals surface area contributed by atoms with Gasteiger partial charge in [0, 0.05) is 6.04 Å². The SMILES string of the molecule is CC[C@@H](CO)NS(=O)(=O)c1cc(C(=O)O)sc1Br. The van der Waals surface area contributed by atoms with Crippen LogP contribution in [0.5, 0.6) is 0 Å². The molecule has 0 saturated heterocycles. The van der Waals surface area contributed by atoms with Crippen molar-refractivity contribution in [1.82, 2.24) is 4.72 Å². The third-order valence-corrected chi connectivity index (χ3v) is 5.95. The monoisotopic (exact) mass is 357 g/mol. The molecular weight excluding hydrogens is 346 g/mol. The van der Waals surface area contributed by atoms with Crippen LogP contribution in [0.25, 0.3) is 0 Å². The van der Waals surface area contributed by atoms with Crippen LogP contribution in [0.4, 0.5) is 0 Å². The van der Waals surface area contributed by atoms with Crippen molar-refractivity contribution in [2.45, 2.75) is 24.3 Å². The third kappa shape index (κ3) is 3.51. The van der Waals surface area contributed by atoms with Crippen LogP contribution >= 0.6 is 27.3 Å². The summed E-state index contributed by atoms with van der Waals surface area (Å²) in [7, 11) is -3.84. The second-order valence-electron chi connectivity index (χ2n) is 3.46. The molecule has 1 heterocycles. The van der Waals surface area contributed by atoms with Gasteiger partial charge in [-0.1, -0.05) is 6.92 Å². The standard InChI is InChI=1S/C9H12BrNO5S2/c1-2-5(4-12)11-18(15,16)7-3-6(9(13)14)17-8(7)10/h3,5,11-12H,2,4H2,1H3,(H,13,14)/t5-/m0/s1. The molecule has 0 bridgehead atoms. The number of carboxylic acid groups (broad SMARTS) is 1. The number of hydrogen-bond donors (Lipinski definition) is 3. The molecule has 102 valence electrons. The molecule has 1 aromatic rings. The van der Waals surface area contributed by atoms with Crippen LogP contribution in [0, 0.1) is 0 Å². The summed E-state index contributed by atoms with van der Waals surface area (Å²) in [4.78, 5) is 10.6. The lowest BCUT2D eigenvalue weighted by Gasteiger charge is -2.13. The van der Waals surface area contributed by atoms with E-state index in [9.17, 15) is 13.2 Å². The Bertz CT molecular complexity index is 535. The fourth-order valence-corrected chi connectivity index (χ4v) is 4.89.